The van der Waals surface area contributed by atoms with Gasteiger partial charge in [0.25, 0.3) is 5.97 Å². The molecule has 0 aromatic rings. The Balaban J connectivity index is -0.000000109. The zero-order chi connectivity index (χ0) is 6.99. The van der Waals surface area contributed by atoms with Gasteiger partial charge >= 0.3 is 0 Å². The normalized spacial score (nSPS) is 5.78. The van der Waals surface area contributed by atoms with Gasteiger partial charge in [-0.25, -0.2) is 0 Å². The molecule has 0 rings (SSSR count). The topological polar surface area (TPSA) is 26.3 Å². The molecule has 9 heavy (non-hydrogen) atoms. The van der Waals surface area contributed by atoms with Gasteiger partial charge in [-0.3, -0.25) is 4.79 Å². The number of hydrogen-bond acceptors (Lipinski definition) is 2. The summed E-state index contributed by atoms with van der Waals surface area (Å²) in [6.07, 6.45) is 0.406. The Morgan fingerprint density at radius 2 is 1.89 bits per heavy atom. The molecule has 0 spiro atoms. The Bertz CT molecular complexity index is 49.0. The van der Waals surface area contributed by atoms with Crippen molar-refractivity contribution in [3.8, 4) is 0 Å². The van der Waals surface area contributed by atoms with Crippen LogP contribution in [0.4, 0.5) is 0 Å². The molecule has 0 unspecified atom stereocenters. The van der Waals surface area contributed by atoms with E-state index in [9.17, 15) is 4.79 Å². The molecule has 1 radical (unpaired) electrons. The van der Waals surface area contributed by atoms with Crippen LogP contribution in [0.1, 0.15) is 20.3 Å². The van der Waals surface area contributed by atoms with Crippen LogP contribution in [0.5, 0.6) is 0 Å². The fourth-order valence-corrected chi connectivity index (χ4v) is 0.102. The maximum absolute atomic E-state index is 9.90. The molecule has 3 heteroatoms. The van der Waals surface area contributed by atoms with Crippen molar-refractivity contribution in [3.63, 3.8) is 0 Å². The summed E-state index contributed by atoms with van der Waals surface area (Å²) < 4.78 is 4.01. The number of rotatable bonds is 1. The van der Waals surface area contributed by atoms with Gasteiger partial charge in [0, 0.05) is 39.1 Å². The molecule has 0 heterocycles. The smallest absolute Gasteiger partial charge is 0.273 e. The van der Waals surface area contributed by atoms with Gasteiger partial charge in [-0.15, -0.1) is 0 Å². The van der Waals surface area contributed by atoms with E-state index in [-0.39, 0.29) is 38.7 Å². The quantitative estimate of drug-likeness (QED) is 0.479. The van der Waals surface area contributed by atoms with Crippen LogP contribution in [0.25, 0.3) is 0 Å². The Morgan fingerprint density at radius 3 is 1.89 bits per heavy atom. The maximum atomic E-state index is 9.90. The molecule has 0 aromatic carbocycles. The van der Waals surface area contributed by atoms with Gasteiger partial charge < -0.3 is 11.7 Å². The fourth-order valence-electron chi connectivity index (χ4n) is 0.102. The molecule has 0 aliphatic carbocycles. The van der Waals surface area contributed by atoms with Crippen molar-refractivity contribution >= 4 is 5.97 Å². The van der Waals surface area contributed by atoms with Gasteiger partial charge in [0.05, 0.1) is 0 Å². The zero-order valence-electron chi connectivity index (χ0n) is 6.02. The summed E-state index contributed by atoms with van der Waals surface area (Å²) in [7, 11) is 2.91. The van der Waals surface area contributed by atoms with E-state index in [4.69, 9.17) is 0 Å². The summed E-state index contributed by atoms with van der Waals surface area (Å²) >= 11 is 0. The molecule has 0 amide bonds. The molecule has 53 valence electrons. The van der Waals surface area contributed by atoms with Crippen LogP contribution in [-0.4, -0.2) is 5.97 Å². The number of carbonyl (C=O) groups excluding carboxylic acids is 1. The Morgan fingerprint density at radius 1 is 1.56 bits per heavy atom. The second-order valence-electron chi connectivity index (χ2n) is 0.870. The predicted molar refractivity (Wildman–Crippen MR) is 32.8 cm³/mol. The third kappa shape index (κ3) is 17.7. The Labute approximate surface area is 82.2 Å². The molecular weight excluding hydrogens is 193 g/mol. The van der Waals surface area contributed by atoms with Gasteiger partial charge in [0.2, 0.25) is 0 Å². The largest absolute Gasteiger partial charge is 0.640 e. The zero-order valence-corrected chi connectivity index (χ0v) is 8.85. The molecule has 0 aliphatic rings. The van der Waals surface area contributed by atoms with Crippen LogP contribution >= 0.6 is 0 Å². The average molecular weight is 205 g/mol. The van der Waals surface area contributed by atoms with Crippen molar-refractivity contribution < 1.29 is 42.2 Å². The van der Waals surface area contributed by atoms with E-state index in [0.717, 1.165) is 0 Å². The average Bonchev–Trinajstić information content (AvgIpc) is 1.91. The summed E-state index contributed by atoms with van der Waals surface area (Å²) in [5.41, 5.74) is 0. The number of ether oxygens (including phenoxy) is 1. The van der Waals surface area contributed by atoms with E-state index in [1.54, 1.807) is 13.8 Å². The van der Waals surface area contributed by atoms with Crippen molar-refractivity contribution in [2.24, 2.45) is 0 Å². The van der Waals surface area contributed by atoms with Gasteiger partial charge in [-0.05, 0) is 0 Å². The summed E-state index contributed by atoms with van der Waals surface area (Å²) in [5.74, 6) is -0.269. The third-order valence-corrected chi connectivity index (χ3v) is 0.450. The molecule has 0 fully saturated rings. The van der Waals surface area contributed by atoms with Crippen molar-refractivity contribution in [2.75, 3.05) is 0 Å². The second-order valence-corrected chi connectivity index (χ2v) is 0.870. The number of hydrogen-bond donors (Lipinski definition) is 0. The number of carbonyl (C=O) groups is 1. The van der Waals surface area contributed by atoms with Crippen LogP contribution < -0.4 is 0 Å². The summed E-state index contributed by atoms with van der Waals surface area (Å²) in [6, 6.07) is 0. The van der Waals surface area contributed by atoms with Crippen molar-refractivity contribution in [1.82, 2.24) is 0 Å². The Kier molecular flexibility index (Phi) is 28.6. The van der Waals surface area contributed by atoms with Gasteiger partial charge in [-0.2, -0.15) is 14.0 Å². The second kappa shape index (κ2) is 15.8. The van der Waals surface area contributed by atoms with Crippen molar-refractivity contribution in [1.29, 1.82) is 0 Å². The van der Waals surface area contributed by atoms with E-state index < -0.39 is 0 Å². The molecule has 2 nitrogen and oxygen atoms in total. The summed E-state index contributed by atoms with van der Waals surface area (Å²) in [5, 5.41) is 0. The van der Waals surface area contributed by atoms with Gasteiger partial charge in [-0.1, -0.05) is 6.92 Å². The van der Waals surface area contributed by atoms with E-state index in [1.165, 1.54) is 0 Å². The van der Waals surface area contributed by atoms with Crippen LogP contribution in [0.15, 0.2) is 0 Å². The fraction of sp³-hybridized carbons (Fsp3) is 0.500. The summed E-state index contributed by atoms with van der Waals surface area (Å²) in [6.45, 7) is 6.72. The van der Waals surface area contributed by atoms with Crippen LogP contribution in [-0.2, 0) is 42.2 Å². The molecular formula is C6H12O2Y-2. The minimum atomic E-state index is -0.269. The molecule has 0 N–H and O–H groups in total. The predicted octanol–water partition coefficient (Wildman–Crippen LogP) is 1.57. The van der Waals surface area contributed by atoms with E-state index in [2.05, 4.69) is 18.8 Å². The van der Waals surface area contributed by atoms with Crippen LogP contribution in [0.3, 0.4) is 0 Å². The SMILES string of the molecule is [CH2-]C.[CH2-]OC(=O)CC.[Y]. The number of esters is 1. The Hall–Kier alpha value is 0.574. The monoisotopic (exact) mass is 205 g/mol. The molecule has 0 bridgehead atoms. The first kappa shape index (κ1) is 16.3. The van der Waals surface area contributed by atoms with E-state index in [0.29, 0.717) is 6.42 Å². The standard InChI is InChI=1S/C4H7O2.C2H5.Y/c1-3-4(5)6-2;1-2;/h2-3H2,1H3;1H2,2H3;/q2*-1;. The van der Waals surface area contributed by atoms with E-state index >= 15 is 0 Å². The van der Waals surface area contributed by atoms with E-state index in [1.807, 2.05) is 0 Å². The first-order chi connectivity index (χ1) is 3.81. The van der Waals surface area contributed by atoms with Gasteiger partial charge in [0.1, 0.15) is 0 Å². The third-order valence-electron chi connectivity index (χ3n) is 0.450. The first-order valence-electron chi connectivity index (χ1n) is 2.46. The maximum Gasteiger partial charge on any atom is 0.273 e. The van der Waals surface area contributed by atoms with Crippen molar-refractivity contribution in [2.45, 2.75) is 20.3 Å². The molecule has 0 aromatic heterocycles. The molecule has 0 saturated carbocycles. The van der Waals surface area contributed by atoms with Gasteiger partial charge in [0.15, 0.2) is 0 Å². The van der Waals surface area contributed by atoms with Crippen LogP contribution in [0, 0.1) is 14.0 Å². The minimum absolute atomic E-state index is 0. The van der Waals surface area contributed by atoms with Crippen molar-refractivity contribution in [3.05, 3.63) is 14.0 Å². The summed E-state index contributed by atoms with van der Waals surface area (Å²) in [4.78, 5) is 9.90. The molecule has 0 atom stereocenters. The van der Waals surface area contributed by atoms with Crippen LogP contribution in [0.2, 0.25) is 0 Å². The molecule has 0 saturated heterocycles. The molecule has 0 aliphatic heterocycles. The first-order valence-corrected chi connectivity index (χ1v) is 2.46. The minimum Gasteiger partial charge on any atom is -0.640 e.